The lowest BCUT2D eigenvalue weighted by Crippen LogP contribution is -2.28. The SMILES string of the molecule is c1ccc(-c2cccc(-c3nc(-c4ccccc4)nc(-c4cc(-c5ccc6c7ccccc7n(-c7ccccc7)c6c5)cc5c4-c4ccccc4C5(c4ccccc4)c4ccccc4)n3)c2)cc1. The van der Waals surface area contributed by atoms with E-state index in [2.05, 4.69) is 235 Å². The van der Waals surface area contributed by atoms with E-state index in [1.54, 1.807) is 0 Å². The fourth-order valence-electron chi connectivity index (χ4n) is 10.7. The Kier molecular flexibility index (Phi) is 9.36. The molecule has 4 nitrogen and oxygen atoms in total. The van der Waals surface area contributed by atoms with Crippen LogP contribution < -0.4 is 0 Å². The first-order valence-electron chi connectivity index (χ1n) is 23.2. The molecular formula is C64H42N4. The number of para-hydroxylation sites is 2. The first kappa shape index (κ1) is 39.4. The summed E-state index contributed by atoms with van der Waals surface area (Å²) in [5.74, 6) is 1.85. The van der Waals surface area contributed by atoms with Crippen LogP contribution in [-0.4, -0.2) is 19.5 Å². The maximum atomic E-state index is 5.52. The molecule has 0 bridgehead atoms. The summed E-state index contributed by atoms with van der Waals surface area (Å²) < 4.78 is 2.39. The molecule has 318 valence electrons. The third-order valence-electron chi connectivity index (χ3n) is 13.7. The van der Waals surface area contributed by atoms with Crippen molar-refractivity contribution < 1.29 is 0 Å². The van der Waals surface area contributed by atoms with Gasteiger partial charge in [0.05, 0.1) is 16.4 Å². The zero-order valence-electron chi connectivity index (χ0n) is 37.0. The van der Waals surface area contributed by atoms with Crippen LogP contribution in [0.5, 0.6) is 0 Å². The maximum Gasteiger partial charge on any atom is 0.164 e. The van der Waals surface area contributed by atoms with Crippen LogP contribution in [0.2, 0.25) is 0 Å². The topological polar surface area (TPSA) is 43.6 Å². The highest BCUT2D eigenvalue weighted by atomic mass is 15.0. The quantitative estimate of drug-likeness (QED) is 0.153. The van der Waals surface area contributed by atoms with Gasteiger partial charge in [0.25, 0.3) is 0 Å². The normalized spacial score (nSPS) is 12.5. The van der Waals surface area contributed by atoms with Gasteiger partial charge in [-0.15, -0.1) is 0 Å². The molecule has 0 spiro atoms. The molecule has 0 saturated heterocycles. The van der Waals surface area contributed by atoms with E-state index in [-0.39, 0.29) is 0 Å². The Morgan fingerprint density at radius 3 is 1.54 bits per heavy atom. The number of nitrogens with zero attached hydrogens (tertiary/aromatic N) is 4. The van der Waals surface area contributed by atoms with Crippen LogP contribution in [0, 0.1) is 0 Å². The van der Waals surface area contributed by atoms with Crippen molar-refractivity contribution in [3.63, 3.8) is 0 Å². The van der Waals surface area contributed by atoms with Crippen molar-refractivity contribution in [2.24, 2.45) is 0 Å². The number of hydrogen-bond donors (Lipinski definition) is 0. The smallest absolute Gasteiger partial charge is 0.164 e. The van der Waals surface area contributed by atoms with E-state index < -0.39 is 5.41 Å². The van der Waals surface area contributed by atoms with Gasteiger partial charge >= 0.3 is 0 Å². The van der Waals surface area contributed by atoms with Crippen LogP contribution >= 0.6 is 0 Å². The molecule has 10 aromatic carbocycles. The van der Waals surface area contributed by atoms with Gasteiger partial charge < -0.3 is 4.57 Å². The molecule has 2 heterocycles. The Labute approximate surface area is 395 Å². The van der Waals surface area contributed by atoms with Gasteiger partial charge in [0, 0.05) is 33.2 Å². The van der Waals surface area contributed by atoms with E-state index >= 15 is 0 Å². The highest BCUT2D eigenvalue weighted by Crippen LogP contribution is 2.59. The van der Waals surface area contributed by atoms with Crippen LogP contribution in [0.15, 0.2) is 255 Å². The molecule has 68 heavy (non-hydrogen) atoms. The molecule has 0 unspecified atom stereocenters. The summed E-state index contributed by atoms with van der Waals surface area (Å²) in [6.45, 7) is 0. The van der Waals surface area contributed by atoms with E-state index in [9.17, 15) is 0 Å². The summed E-state index contributed by atoms with van der Waals surface area (Å²) in [5, 5.41) is 2.43. The molecule has 1 aliphatic carbocycles. The lowest BCUT2D eigenvalue weighted by molar-refractivity contribution is 0.769. The lowest BCUT2D eigenvalue weighted by atomic mass is 9.67. The molecule has 0 N–H and O–H groups in total. The van der Waals surface area contributed by atoms with Crippen LogP contribution in [0.25, 0.3) is 95.0 Å². The van der Waals surface area contributed by atoms with Gasteiger partial charge in [-0.2, -0.15) is 0 Å². The second kappa shape index (κ2) is 16.2. The number of benzene rings is 10. The number of rotatable bonds is 8. The predicted molar refractivity (Wildman–Crippen MR) is 279 cm³/mol. The molecule has 12 aromatic rings. The van der Waals surface area contributed by atoms with Gasteiger partial charge in [-0.25, -0.2) is 15.0 Å². The molecule has 0 aliphatic heterocycles. The maximum absolute atomic E-state index is 5.52. The highest BCUT2D eigenvalue weighted by molar-refractivity contribution is 6.10. The first-order valence-corrected chi connectivity index (χ1v) is 23.2. The van der Waals surface area contributed by atoms with Gasteiger partial charge in [0.2, 0.25) is 0 Å². The molecule has 0 atom stereocenters. The van der Waals surface area contributed by atoms with Gasteiger partial charge in [-0.1, -0.05) is 212 Å². The Bertz CT molecular complexity index is 3790. The predicted octanol–water partition coefficient (Wildman–Crippen LogP) is 15.7. The summed E-state index contributed by atoms with van der Waals surface area (Å²) in [7, 11) is 0. The monoisotopic (exact) mass is 866 g/mol. The zero-order valence-corrected chi connectivity index (χ0v) is 37.0. The first-order chi connectivity index (χ1) is 33.7. The van der Waals surface area contributed by atoms with E-state index in [1.165, 1.54) is 38.5 Å². The summed E-state index contributed by atoms with van der Waals surface area (Å²) in [6.07, 6.45) is 0. The van der Waals surface area contributed by atoms with Crippen molar-refractivity contribution in [2.75, 3.05) is 0 Å². The highest BCUT2D eigenvalue weighted by Gasteiger charge is 2.47. The van der Waals surface area contributed by atoms with Crippen molar-refractivity contribution in [3.8, 4) is 73.2 Å². The van der Waals surface area contributed by atoms with Crippen LogP contribution in [-0.2, 0) is 5.41 Å². The third-order valence-corrected chi connectivity index (χ3v) is 13.7. The fraction of sp³-hybridized carbons (Fsp3) is 0.0156. The standard InChI is InChI=1S/C64H42N4/c1-6-21-43(22-7-1)45-25-20-26-47(39-45)62-65-61(44-23-8-2-9-24-44)66-63(67-62)55-40-48(46-37-38-53-52-33-17-19-36-58(52)68(59(53)42-46)51-31-14-5-15-32-51)41-57-60(55)54-34-16-18-35-56(54)64(57,49-27-10-3-11-28-49)50-29-12-4-13-30-50/h1-42H. The van der Waals surface area contributed by atoms with Crippen LogP contribution in [0.4, 0.5) is 0 Å². The minimum Gasteiger partial charge on any atom is -0.309 e. The lowest BCUT2D eigenvalue weighted by Gasteiger charge is -2.34. The molecule has 2 aromatic heterocycles. The van der Waals surface area contributed by atoms with Gasteiger partial charge in [0.1, 0.15) is 0 Å². The molecular weight excluding hydrogens is 825 g/mol. The number of hydrogen-bond acceptors (Lipinski definition) is 3. The minimum absolute atomic E-state index is 0.614. The van der Waals surface area contributed by atoms with E-state index in [4.69, 9.17) is 15.0 Å². The van der Waals surface area contributed by atoms with E-state index in [1.807, 2.05) is 24.3 Å². The number of fused-ring (bicyclic) bond motifs is 6. The molecule has 0 radical (unpaired) electrons. The minimum atomic E-state index is -0.662. The second-order valence-corrected chi connectivity index (χ2v) is 17.5. The van der Waals surface area contributed by atoms with Crippen molar-refractivity contribution in [1.82, 2.24) is 19.5 Å². The van der Waals surface area contributed by atoms with E-state index in [0.717, 1.165) is 61.3 Å². The molecule has 0 fully saturated rings. The third kappa shape index (κ3) is 6.34. The molecule has 4 heteroatoms. The molecule has 13 rings (SSSR count). The Hall–Kier alpha value is -8.99. The van der Waals surface area contributed by atoms with Crippen molar-refractivity contribution >= 4 is 21.8 Å². The van der Waals surface area contributed by atoms with Crippen molar-refractivity contribution in [1.29, 1.82) is 0 Å². The fourth-order valence-corrected chi connectivity index (χ4v) is 10.7. The molecule has 0 saturated carbocycles. The average Bonchev–Trinajstić information content (AvgIpc) is 3.92. The Balaban J connectivity index is 1.14. The van der Waals surface area contributed by atoms with Crippen LogP contribution in [0.3, 0.4) is 0 Å². The largest absolute Gasteiger partial charge is 0.309 e. The Morgan fingerprint density at radius 2 is 0.824 bits per heavy atom. The van der Waals surface area contributed by atoms with Crippen molar-refractivity contribution in [3.05, 3.63) is 277 Å². The van der Waals surface area contributed by atoms with Crippen LogP contribution in [0.1, 0.15) is 22.3 Å². The van der Waals surface area contributed by atoms with Gasteiger partial charge in [0.15, 0.2) is 17.5 Å². The summed E-state index contributed by atoms with van der Waals surface area (Å²) in [4.78, 5) is 16.2. The van der Waals surface area contributed by atoms with Gasteiger partial charge in [-0.3, -0.25) is 0 Å². The second-order valence-electron chi connectivity index (χ2n) is 17.5. The Morgan fingerprint density at radius 1 is 0.294 bits per heavy atom. The molecule has 0 amide bonds. The summed E-state index contributed by atoms with van der Waals surface area (Å²) in [6, 6.07) is 91.3. The number of aromatic nitrogens is 4. The van der Waals surface area contributed by atoms with E-state index in [0.29, 0.717) is 17.5 Å². The molecule has 1 aliphatic rings. The van der Waals surface area contributed by atoms with Gasteiger partial charge in [-0.05, 0) is 98.1 Å². The average molecular weight is 867 g/mol. The summed E-state index contributed by atoms with van der Waals surface area (Å²) >= 11 is 0. The summed E-state index contributed by atoms with van der Waals surface area (Å²) in [5.41, 5.74) is 17.0. The zero-order chi connectivity index (χ0) is 45.0. The van der Waals surface area contributed by atoms with Crippen molar-refractivity contribution in [2.45, 2.75) is 5.41 Å².